The molecule has 7 heteroatoms. The molecule has 7 nitrogen and oxygen atoms in total. The molecule has 3 fully saturated rings. The van der Waals surface area contributed by atoms with Crippen LogP contribution in [0, 0.1) is 19.8 Å². The number of amides is 1. The Bertz CT molecular complexity index is 970. The van der Waals surface area contributed by atoms with Crippen molar-refractivity contribution >= 4 is 16.9 Å². The number of H-pyrrole nitrogens is 1. The molecule has 1 aromatic carbocycles. The van der Waals surface area contributed by atoms with Gasteiger partial charge in [0.1, 0.15) is 11.6 Å². The Morgan fingerprint density at radius 1 is 1.18 bits per heavy atom. The van der Waals surface area contributed by atoms with E-state index in [0.717, 1.165) is 66.4 Å². The zero-order chi connectivity index (χ0) is 19.3. The van der Waals surface area contributed by atoms with Gasteiger partial charge < -0.3 is 14.4 Å². The average molecular weight is 379 g/mol. The molecule has 3 aromatic rings. The van der Waals surface area contributed by atoms with Crippen LogP contribution in [0.15, 0.2) is 28.8 Å². The minimum Gasteiger partial charge on any atom is -0.361 e. The zero-order valence-electron chi connectivity index (χ0n) is 16.3. The predicted octanol–water partition coefficient (Wildman–Crippen LogP) is 2.79. The van der Waals surface area contributed by atoms with Gasteiger partial charge >= 0.3 is 0 Å². The van der Waals surface area contributed by atoms with Crippen LogP contribution in [0.3, 0.4) is 0 Å². The maximum absolute atomic E-state index is 13.1. The molecule has 3 saturated heterocycles. The molecular formula is C21H25N5O2. The lowest BCUT2D eigenvalue weighted by atomic mass is 9.93. The number of nitrogens with zero attached hydrogens (tertiary/aromatic N) is 4. The minimum atomic E-state index is 0.0589. The molecule has 28 heavy (non-hydrogen) atoms. The molecule has 0 saturated carbocycles. The molecule has 1 N–H and O–H groups in total. The number of aromatic nitrogens is 3. The Morgan fingerprint density at radius 2 is 2.04 bits per heavy atom. The minimum absolute atomic E-state index is 0.0589. The quantitative estimate of drug-likeness (QED) is 0.754. The number of hydrogen-bond donors (Lipinski definition) is 1. The number of benzene rings is 1. The van der Waals surface area contributed by atoms with Crippen LogP contribution in [0.5, 0.6) is 0 Å². The second-order valence-corrected chi connectivity index (χ2v) is 8.09. The molecule has 1 amide bonds. The number of piperidine rings is 1. The molecule has 3 aliphatic heterocycles. The third-order valence-electron chi connectivity index (χ3n) is 6.19. The van der Waals surface area contributed by atoms with Gasteiger partial charge in [-0.05, 0) is 38.8 Å². The molecule has 0 spiro atoms. The van der Waals surface area contributed by atoms with Gasteiger partial charge in [-0.15, -0.1) is 0 Å². The lowest BCUT2D eigenvalue weighted by Gasteiger charge is -2.36. The van der Waals surface area contributed by atoms with Gasteiger partial charge in [-0.3, -0.25) is 9.69 Å². The highest BCUT2D eigenvalue weighted by atomic mass is 16.5. The van der Waals surface area contributed by atoms with Crippen molar-refractivity contribution in [1.82, 2.24) is 24.9 Å². The van der Waals surface area contributed by atoms with E-state index in [-0.39, 0.29) is 17.9 Å². The van der Waals surface area contributed by atoms with Crippen molar-refractivity contribution in [2.24, 2.45) is 5.92 Å². The number of aromatic amines is 1. The van der Waals surface area contributed by atoms with Gasteiger partial charge in [-0.2, -0.15) is 0 Å². The highest BCUT2D eigenvalue weighted by molar-refractivity contribution is 5.80. The molecule has 0 aliphatic carbocycles. The first-order valence-electron chi connectivity index (χ1n) is 9.96. The Kier molecular flexibility index (Phi) is 4.19. The number of rotatable bonds is 4. The van der Waals surface area contributed by atoms with Crippen molar-refractivity contribution in [1.29, 1.82) is 0 Å². The van der Waals surface area contributed by atoms with Gasteiger partial charge in [-0.1, -0.05) is 17.3 Å². The molecule has 6 rings (SSSR count). The van der Waals surface area contributed by atoms with Crippen LogP contribution in [0.25, 0.3) is 11.0 Å². The topological polar surface area (TPSA) is 78.3 Å². The summed E-state index contributed by atoms with van der Waals surface area (Å²) in [5.41, 5.74) is 3.98. The summed E-state index contributed by atoms with van der Waals surface area (Å²) in [6, 6.07) is 8.32. The number of fused-ring (bicyclic) bond motifs is 5. The monoisotopic (exact) mass is 379 g/mol. The standard InChI is InChI=1S/C21H25N5O2/c1-13-17(14(2)28-24-13)11-26-16-8-7-15(21(26)27)9-25(10-16)12-20-22-18-5-3-4-6-19(18)23-20/h3-6,15-16H,7-12H2,1-2H3,(H,22,23)/t15-,16+/m0/s1. The molecule has 0 radical (unpaired) electrons. The van der Waals surface area contributed by atoms with Crippen LogP contribution in [-0.2, 0) is 17.9 Å². The number of para-hydroxylation sites is 2. The van der Waals surface area contributed by atoms with Crippen LogP contribution in [0.1, 0.15) is 35.7 Å². The summed E-state index contributed by atoms with van der Waals surface area (Å²) in [7, 11) is 0. The molecule has 2 atom stereocenters. The SMILES string of the molecule is Cc1noc(C)c1CN1C(=O)[C@H]2CC[C@@H]1CN(Cc1nc3ccccc3[nH]1)C2. The number of carbonyl (C=O) groups excluding carboxylic acids is 1. The Balaban J connectivity index is 1.36. The fourth-order valence-electron chi connectivity index (χ4n) is 4.66. The highest BCUT2D eigenvalue weighted by Crippen LogP contribution is 2.32. The first kappa shape index (κ1) is 17.4. The van der Waals surface area contributed by atoms with E-state index in [1.54, 1.807) is 0 Å². The largest absolute Gasteiger partial charge is 0.361 e. The van der Waals surface area contributed by atoms with Crippen molar-refractivity contribution in [3.05, 3.63) is 47.1 Å². The fraction of sp³-hybridized carbons (Fsp3) is 0.476. The highest BCUT2D eigenvalue weighted by Gasteiger charge is 2.41. The molecule has 0 unspecified atom stereocenters. The smallest absolute Gasteiger partial charge is 0.227 e. The second kappa shape index (κ2) is 6.74. The Morgan fingerprint density at radius 3 is 2.82 bits per heavy atom. The number of hydrogen-bond acceptors (Lipinski definition) is 5. The van der Waals surface area contributed by atoms with Crippen LogP contribution in [-0.4, -0.2) is 50.0 Å². The normalized spacial score (nSPS) is 22.9. The van der Waals surface area contributed by atoms with Gasteiger partial charge in [-0.25, -0.2) is 4.98 Å². The summed E-state index contributed by atoms with van der Waals surface area (Å²) in [5, 5.41) is 4.05. The van der Waals surface area contributed by atoms with E-state index >= 15 is 0 Å². The van der Waals surface area contributed by atoms with E-state index < -0.39 is 0 Å². The maximum atomic E-state index is 13.1. The van der Waals surface area contributed by atoms with Gasteiger partial charge in [0.25, 0.3) is 0 Å². The van der Waals surface area contributed by atoms with E-state index in [2.05, 4.69) is 19.9 Å². The number of imidazole rings is 1. The predicted molar refractivity (Wildman–Crippen MR) is 104 cm³/mol. The molecule has 2 aromatic heterocycles. The van der Waals surface area contributed by atoms with Gasteiger partial charge in [0.15, 0.2) is 0 Å². The third-order valence-corrected chi connectivity index (χ3v) is 6.19. The molecular weight excluding hydrogens is 354 g/mol. The summed E-state index contributed by atoms with van der Waals surface area (Å²) >= 11 is 0. The summed E-state index contributed by atoms with van der Waals surface area (Å²) in [5.74, 6) is 2.10. The van der Waals surface area contributed by atoms with Crippen molar-refractivity contribution in [3.63, 3.8) is 0 Å². The number of nitrogens with one attached hydrogen (secondary N) is 1. The molecule has 3 aliphatic rings. The van der Waals surface area contributed by atoms with Crippen molar-refractivity contribution in [2.75, 3.05) is 13.1 Å². The zero-order valence-corrected chi connectivity index (χ0v) is 16.3. The molecule has 2 bridgehead atoms. The summed E-state index contributed by atoms with van der Waals surface area (Å²) in [6.45, 7) is 6.88. The summed E-state index contributed by atoms with van der Waals surface area (Å²) < 4.78 is 5.30. The molecule has 146 valence electrons. The third kappa shape index (κ3) is 2.99. The van der Waals surface area contributed by atoms with Gasteiger partial charge in [0.05, 0.1) is 35.7 Å². The first-order chi connectivity index (χ1) is 13.6. The second-order valence-electron chi connectivity index (χ2n) is 8.09. The van der Waals surface area contributed by atoms with Crippen LogP contribution < -0.4 is 0 Å². The van der Waals surface area contributed by atoms with E-state index in [1.807, 2.05) is 38.1 Å². The lowest BCUT2D eigenvalue weighted by molar-refractivity contribution is -0.140. The summed E-state index contributed by atoms with van der Waals surface area (Å²) in [4.78, 5) is 25.7. The van der Waals surface area contributed by atoms with Crippen LogP contribution >= 0.6 is 0 Å². The number of carbonyl (C=O) groups is 1. The lowest BCUT2D eigenvalue weighted by Crippen LogP contribution is -2.47. The summed E-state index contributed by atoms with van der Waals surface area (Å²) in [6.07, 6.45) is 2.02. The van der Waals surface area contributed by atoms with Gasteiger partial charge in [0.2, 0.25) is 5.91 Å². The van der Waals surface area contributed by atoms with Gasteiger partial charge in [0, 0.05) is 24.7 Å². The van der Waals surface area contributed by atoms with Crippen molar-refractivity contribution < 1.29 is 9.32 Å². The van der Waals surface area contributed by atoms with Crippen molar-refractivity contribution in [3.8, 4) is 0 Å². The Hall–Kier alpha value is -2.67. The van der Waals surface area contributed by atoms with E-state index in [0.29, 0.717) is 6.54 Å². The number of aryl methyl sites for hydroxylation is 2. The first-order valence-corrected chi connectivity index (χ1v) is 9.96. The maximum Gasteiger partial charge on any atom is 0.227 e. The van der Waals surface area contributed by atoms with E-state index in [4.69, 9.17) is 9.51 Å². The van der Waals surface area contributed by atoms with E-state index in [1.165, 1.54) is 0 Å². The van der Waals surface area contributed by atoms with Crippen LogP contribution in [0.4, 0.5) is 0 Å². The van der Waals surface area contributed by atoms with Crippen LogP contribution in [0.2, 0.25) is 0 Å². The van der Waals surface area contributed by atoms with Crippen molar-refractivity contribution in [2.45, 2.75) is 45.8 Å². The Labute approximate surface area is 163 Å². The van der Waals surface area contributed by atoms with E-state index in [9.17, 15) is 4.79 Å². The fourth-order valence-corrected chi connectivity index (χ4v) is 4.66. The average Bonchev–Trinajstić information content (AvgIpc) is 3.11. The molecule has 5 heterocycles.